The average molecular weight is 392 g/mol. The highest BCUT2D eigenvalue weighted by Crippen LogP contribution is 2.30. The minimum Gasteiger partial charge on any atom is -0.337 e. The van der Waals surface area contributed by atoms with Gasteiger partial charge in [-0.1, -0.05) is 41.6 Å². The van der Waals surface area contributed by atoms with E-state index in [1.54, 1.807) is 0 Å². The van der Waals surface area contributed by atoms with Crippen molar-refractivity contribution in [2.24, 2.45) is 0 Å². The molecule has 6 nitrogen and oxygen atoms in total. The summed E-state index contributed by atoms with van der Waals surface area (Å²) >= 11 is 3.00. The molecule has 4 heterocycles. The van der Waals surface area contributed by atoms with Gasteiger partial charge >= 0.3 is 0 Å². The van der Waals surface area contributed by atoms with E-state index >= 15 is 0 Å². The first kappa shape index (κ1) is 16.1. The molecular weight excluding hydrogens is 380 g/mol. The Morgan fingerprint density at radius 2 is 1.96 bits per heavy atom. The maximum atomic E-state index is 13.1. The summed E-state index contributed by atoms with van der Waals surface area (Å²) in [5.74, 6) is 0.903. The Hall–Kier alpha value is -3.10. The molecule has 0 bridgehead atoms. The number of hydrogen-bond donors (Lipinski definition) is 0. The van der Waals surface area contributed by atoms with Crippen molar-refractivity contribution in [1.82, 2.24) is 19.7 Å². The normalized spacial score (nSPS) is 11.3. The predicted molar refractivity (Wildman–Crippen MR) is 106 cm³/mol. The zero-order valence-electron chi connectivity index (χ0n) is 13.9. The van der Waals surface area contributed by atoms with Gasteiger partial charge < -0.3 is 4.52 Å². The highest BCUT2D eigenvalue weighted by atomic mass is 32.1. The largest absolute Gasteiger partial charge is 0.337 e. The molecular formula is C19H12N4O2S2. The van der Waals surface area contributed by atoms with E-state index in [9.17, 15) is 4.79 Å². The second kappa shape index (κ2) is 6.57. The van der Waals surface area contributed by atoms with Crippen LogP contribution in [0.25, 0.3) is 32.0 Å². The third kappa shape index (κ3) is 2.88. The van der Waals surface area contributed by atoms with Crippen LogP contribution in [0.2, 0.25) is 0 Å². The summed E-state index contributed by atoms with van der Waals surface area (Å²) in [5.41, 5.74) is 1.78. The summed E-state index contributed by atoms with van der Waals surface area (Å²) < 4.78 is 6.82. The topological polar surface area (TPSA) is 73.8 Å². The molecule has 0 saturated heterocycles. The quantitative estimate of drug-likeness (QED) is 0.456. The molecule has 0 saturated carbocycles. The molecule has 1 aromatic carbocycles. The molecule has 0 atom stereocenters. The van der Waals surface area contributed by atoms with Crippen LogP contribution in [0.15, 0.2) is 68.9 Å². The van der Waals surface area contributed by atoms with Crippen molar-refractivity contribution in [1.29, 1.82) is 0 Å². The number of aromatic nitrogens is 4. The van der Waals surface area contributed by atoms with Crippen molar-refractivity contribution in [2.45, 2.75) is 6.54 Å². The third-order valence-corrected chi connectivity index (χ3v) is 5.91. The molecule has 5 rings (SSSR count). The van der Waals surface area contributed by atoms with Crippen molar-refractivity contribution in [3.05, 3.63) is 75.8 Å². The summed E-state index contributed by atoms with van der Waals surface area (Å²) in [4.78, 5) is 23.5. The molecule has 0 unspecified atom stereocenters. The van der Waals surface area contributed by atoms with Crippen molar-refractivity contribution in [2.75, 3.05) is 0 Å². The number of rotatable bonds is 4. The molecule has 0 aliphatic rings. The van der Waals surface area contributed by atoms with Crippen LogP contribution in [0.5, 0.6) is 0 Å². The van der Waals surface area contributed by atoms with E-state index < -0.39 is 0 Å². The Balaban J connectivity index is 1.55. The van der Waals surface area contributed by atoms with Gasteiger partial charge in [-0.3, -0.25) is 9.36 Å². The second-order valence-corrected chi connectivity index (χ2v) is 7.67. The molecule has 0 amide bonds. The van der Waals surface area contributed by atoms with Gasteiger partial charge in [-0.2, -0.15) is 4.98 Å². The van der Waals surface area contributed by atoms with Crippen molar-refractivity contribution >= 4 is 32.9 Å². The molecule has 5 aromatic rings. The van der Waals surface area contributed by atoms with E-state index in [0.717, 1.165) is 20.8 Å². The molecule has 0 N–H and O–H groups in total. The van der Waals surface area contributed by atoms with Gasteiger partial charge in [0.05, 0.1) is 16.6 Å². The van der Waals surface area contributed by atoms with E-state index in [1.807, 2.05) is 53.2 Å². The molecule has 0 fully saturated rings. The Kier molecular flexibility index (Phi) is 3.92. The van der Waals surface area contributed by atoms with Crippen LogP contribution >= 0.6 is 22.7 Å². The first-order valence-corrected chi connectivity index (χ1v) is 9.94. The first-order valence-electron chi connectivity index (χ1n) is 8.18. The third-order valence-electron chi connectivity index (χ3n) is 4.16. The van der Waals surface area contributed by atoms with Gasteiger partial charge in [0.15, 0.2) is 0 Å². The van der Waals surface area contributed by atoms with Crippen LogP contribution in [-0.2, 0) is 6.54 Å². The van der Waals surface area contributed by atoms with Crippen molar-refractivity contribution in [3.8, 4) is 21.8 Å². The maximum absolute atomic E-state index is 13.1. The van der Waals surface area contributed by atoms with Gasteiger partial charge in [0.2, 0.25) is 11.7 Å². The number of benzene rings is 1. The summed E-state index contributed by atoms with van der Waals surface area (Å²) in [6.07, 6.45) is 1.53. The van der Waals surface area contributed by atoms with Crippen LogP contribution < -0.4 is 5.56 Å². The van der Waals surface area contributed by atoms with Crippen LogP contribution in [0.1, 0.15) is 5.89 Å². The summed E-state index contributed by atoms with van der Waals surface area (Å²) in [7, 11) is 0. The Labute approximate surface area is 161 Å². The minimum absolute atomic E-state index is 0.115. The Morgan fingerprint density at radius 1 is 1.07 bits per heavy atom. The monoisotopic (exact) mass is 392 g/mol. The number of fused-ring (bicyclic) bond motifs is 1. The predicted octanol–water partition coefficient (Wildman–Crippen LogP) is 4.28. The molecule has 4 aromatic heterocycles. The molecule has 0 radical (unpaired) electrons. The lowest BCUT2D eigenvalue weighted by atomic mass is 10.1. The molecule has 132 valence electrons. The highest BCUT2D eigenvalue weighted by molar-refractivity contribution is 7.17. The van der Waals surface area contributed by atoms with Gasteiger partial charge in [0.1, 0.15) is 11.4 Å². The first-order chi connectivity index (χ1) is 13.3. The highest BCUT2D eigenvalue weighted by Gasteiger charge is 2.15. The van der Waals surface area contributed by atoms with Crippen LogP contribution in [0.4, 0.5) is 0 Å². The fourth-order valence-electron chi connectivity index (χ4n) is 2.88. The summed E-state index contributed by atoms with van der Waals surface area (Å²) in [5, 5.41) is 8.54. The van der Waals surface area contributed by atoms with Crippen molar-refractivity contribution < 1.29 is 4.52 Å². The lowest BCUT2D eigenvalue weighted by molar-refractivity contribution is 0.370. The van der Waals surface area contributed by atoms with Crippen LogP contribution in [0, 0.1) is 0 Å². The smallest absolute Gasteiger partial charge is 0.263 e. The average Bonchev–Trinajstić information content (AvgIpc) is 3.45. The van der Waals surface area contributed by atoms with Gasteiger partial charge in [0.25, 0.3) is 5.56 Å². The summed E-state index contributed by atoms with van der Waals surface area (Å²) in [6.45, 7) is 0.185. The minimum atomic E-state index is -0.115. The van der Waals surface area contributed by atoms with Gasteiger partial charge in [0, 0.05) is 10.9 Å². The lowest BCUT2D eigenvalue weighted by Gasteiger charge is -2.03. The molecule has 0 spiro atoms. The fraction of sp³-hybridized carbons (Fsp3) is 0.0526. The van der Waals surface area contributed by atoms with Gasteiger partial charge in [-0.15, -0.1) is 22.7 Å². The molecule has 27 heavy (non-hydrogen) atoms. The Bertz CT molecular complexity index is 1270. The van der Waals surface area contributed by atoms with Crippen LogP contribution in [0.3, 0.4) is 0 Å². The fourth-order valence-corrected chi connectivity index (χ4v) is 4.44. The number of hydrogen-bond acceptors (Lipinski definition) is 7. The maximum Gasteiger partial charge on any atom is 0.263 e. The van der Waals surface area contributed by atoms with E-state index in [1.165, 1.54) is 33.6 Å². The zero-order chi connectivity index (χ0) is 18.2. The summed E-state index contributed by atoms with van der Waals surface area (Å²) in [6, 6.07) is 13.7. The molecule has 8 heteroatoms. The van der Waals surface area contributed by atoms with E-state index in [2.05, 4.69) is 15.1 Å². The van der Waals surface area contributed by atoms with Gasteiger partial charge in [-0.25, -0.2) is 4.98 Å². The Morgan fingerprint density at radius 3 is 2.78 bits per heavy atom. The zero-order valence-corrected chi connectivity index (χ0v) is 15.5. The SMILES string of the molecule is O=c1c2c(-c3ccccc3)csc2ncn1Cc1nc(-c2cccs2)no1. The van der Waals surface area contributed by atoms with Crippen LogP contribution in [-0.4, -0.2) is 19.7 Å². The van der Waals surface area contributed by atoms with E-state index in [4.69, 9.17) is 4.52 Å². The number of nitrogens with zero attached hydrogens (tertiary/aromatic N) is 4. The second-order valence-electron chi connectivity index (χ2n) is 5.86. The van der Waals surface area contributed by atoms with E-state index in [0.29, 0.717) is 17.1 Å². The standard InChI is InChI=1S/C19H12N4O2S2/c24-19-16-13(12-5-2-1-3-6-12)10-27-18(16)20-11-23(19)9-15-21-17(22-25-15)14-7-4-8-26-14/h1-8,10-11H,9H2. The molecule has 0 aliphatic carbocycles. The number of thiophene rings is 2. The lowest BCUT2D eigenvalue weighted by Crippen LogP contribution is -2.21. The van der Waals surface area contributed by atoms with Crippen molar-refractivity contribution in [3.63, 3.8) is 0 Å². The van der Waals surface area contributed by atoms with Gasteiger partial charge in [-0.05, 0) is 17.0 Å². The van der Waals surface area contributed by atoms with E-state index in [-0.39, 0.29) is 12.1 Å². The molecule has 0 aliphatic heterocycles.